The summed E-state index contributed by atoms with van der Waals surface area (Å²) in [6.45, 7) is 5.74. The smallest absolute Gasteiger partial charge is 0.229 e. The topological polar surface area (TPSA) is 61.9 Å². The number of hydrogen-bond donors (Lipinski definition) is 1. The van der Waals surface area contributed by atoms with Crippen molar-refractivity contribution in [2.24, 2.45) is 5.92 Å². The highest BCUT2D eigenvalue weighted by Gasteiger charge is 2.35. The van der Waals surface area contributed by atoms with E-state index in [1.54, 1.807) is 4.90 Å². The molecule has 2 aliphatic rings. The fourth-order valence-corrected chi connectivity index (χ4v) is 4.01. The lowest BCUT2D eigenvalue weighted by Gasteiger charge is -2.28. The van der Waals surface area contributed by atoms with Crippen molar-refractivity contribution in [3.05, 3.63) is 54.1 Å². The SMILES string of the molecule is CCc1ccccc1N1CC(C(=O)Nc2ccc(N3CCOCC3)cc2)CC1=O. The van der Waals surface area contributed by atoms with E-state index in [1.165, 1.54) is 0 Å². The number of ether oxygens (including phenoxy) is 1. The molecule has 0 radical (unpaired) electrons. The zero-order valence-electron chi connectivity index (χ0n) is 16.8. The van der Waals surface area contributed by atoms with Gasteiger partial charge in [0.25, 0.3) is 0 Å². The van der Waals surface area contributed by atoms with Crippen LogP contribution in [0.4, 0.5) is 17.1 Å². The molecule has 1 unspecified atom stereocenters. The van der Waals surface area contributed by atoms with E-state index in [9.17, 15) is 9.59 Å². The highest BCUT2D eigenvalue weighted by Crippen LogP contribution is 2.29. The second kappa shape index (κ2) is 8.66. The number of morpholine rings is 1. The minimum absolute atomic E-state index is 0.00807. The molecule has 152 valence electrons. The molecular formula is C23H27N3O3. The van der Waals surface area contributed by atoms with Gasteiger partial charge < -0.3 is 19.9 Å². The molecule has 2 aromatic rings. The van der Waals surface area contributed by atoms with Crippen molar-refractivity contribution in [1.29, 1.82) is 0 Å². The Morgan fingerprint density at radius 1 is 1.10 bits per heavy atom. The second-order valence-corrected chi connectivity index (χ2v) is 7.52. The van der Waals surface area contributed by atoms with Crippen LogP contribution in [0.2, 0.25) is 0 Å². The summed E-state index contributed by atoms with van der Waals surface area (Å²) >= 11 is 0. The van der Waals surface area contributed by atoms with Crippen LogP contribution in [0, 0.1) is 5.92 Å². The van der Waals surface area contributed by atoms with Crippen LogP contribution in [-0.2, 0) is 20.7 Å². The van der Waals surface area contributed by atoms with Crippen molar-refractivity contribution in [1.82, 2.24) is 0 Å². The first-order valence-corrected chi connectivity index (χ1v) is 10.3. The Morgan fingerprint density at radius 3 is 2.55 bits per heavy atom. The average Bonchev–Trinajstić information content (AvgIpc) is 3.16. The lowest BCUT2D eigenvalue weighted by Crippen LogP contribution is -2.36. The van der Waals surface area contributed by atoms with Crippen LogP contribution < -0.4 is 15.1 Å². The number of carbonyl (C=O) groups is 2. The quantitative estimate of drug-likeness (QED) is 0.848. The van der Waals surface area contributed by atoms with Gasteiger partial charge in [0, 0.05) is 43.1 Å². The van der Waals surface area contributed by atoms with E-state index in [-0.39, 0.29) is 24.2 Å². The molecule has 2 heterocycles. The fourth-order valence-electron chi connectivity index (χ4n) is 4.01. The predicted octanol–water partition coefficient (Wildman–Crippen LogP) is 3.08. The fraction of sp³-hybridized carbons (Fsp3) is 0.391. The molecule has 1 atom stereocenters. The van der Waals surface area contributed by atoms with Crippen LogP contribution in [-0.4, -0.2) is 44.7 Å². The molecule has 0 bridgehead atoms. The van der Waals surface area contributed by atoms with Crippen molar-refractivity contribution in [2.45, 2.75) is 19.8 Å². The molecule has 0 saturated carbocycles. The van der Waals surface area contributed by atoms with Gasteiger partial charge in [0.05, 0.1) is 19.1 Å². The number of para-hydroxylation sites is 1. The van der Waals surface area contributed by atoms with Gasteiger partial charge in [-0.15, -0.1) is 0 Å². The maximum atomic E-state index is 12.8. The molecule has 6 nitrogen and oxygen atoms in total. The van der Waals surface area contributed by atoms with Crippen LogP contribution in [0.25, 0.3) is 0 Å². The number of aryl methyl sites for hydroxylation is 1. The molecule has 2 saturated heterocycles. The van der Waals surface area contributed by atoms with Crippen LogP contribution in [0.3, 0.4) is 0 Å². The second-order valence-electron chi connectivity index (χ2n) is 7.52. The van der Waals surface area contributed by atoms with Crippen molar-refractivity contribution in [2.75, 3.05) is 48.0 Å². The van der Waals surface area contributed by atoms with Crippen LogP contribution in [0.1, 0.15) is 18.9 Å². The van der Waals surface area contributed by atoms with Gasteiger partial charge in [-0.05, 0) is 42.3 Å². The summed E-state index contributed by atoms with van der Waals surface area (Å²) in [4.78, 5) is 29.3. The molecular weight excluding hydrogens is 366 g/mol. The third-order valence-electron chi connectivity index (χ3n) is 5.67. The molecule has 2 aliphatic heterocycles. The first-order chi connectivity index (χ1) is 14.2. The van der Waals surface area contributed by atoms with Gasteiger partial charge in [-0.1, -0.05) is 25.1 Å². The van der Waals surface area contributed by atoms with Crippen LogP contribution >= 0.6 is 0 Å². The Labute approximate surface area is 171 Å². The maximum absolute atomic E-state index is 12.8. The Morgan fingerprint density at radius 2 is 1.83 bits per heavy atom. The zero-order valence-corrected chi connectivity index (χ0v) is 16.8. The monoisotopic (exact) mass is 393 g/mol. The van der Waals surface area contributed by atoms with E-state index in [0.29, 0.717) is 6.54 Å². The number of hydrogen-bond acceptors (Lipinski definition) is 4. The van der Waals surface area contributed by atoms with Gasteiger partial charge in [-0.2, -0.15) is 0 Å². The standard InChI is InChI=1S/C23H27N3O3/c1-2-17-5-3-4-6-21(17)26-16-18(15-22(26)27)23(28)24-19-7-9-20(10-8-19)25-11-13-29-14-12-25/h3-10,18H,2,11-16H2,1H3,(H,24,28). The number of amides is 2. The van der Waals surface area contributed by atoms with E-state index < -0.39 is 0 Å². The lowest BCUT2D eigenvalue weighted by atomic mass is 10.1. The highest BCUT2D eigenvalue weighted by atomic mass is 16.5. The summed E-state index contributed by atoms with van der Waals surface area (Å²) < 4.78 is 5.39. The molecule has 0 aliphatic carbocycles. The first kappa shape index (κ1) is 19.5. The third kappa shape index (κ3) is 4.27. The van der Waals surface area contributed by atoms with Crippen molar-refractivity contribution >= 4 is 28.9 Å². The summed E-state index contributed by atoms with van der Waals surface area (Å²) in [7, 11) is 0. The van der Waals surface area contributed by atoms with Crippen molar-refractivity contribution in [3.63, 3.8) is 0 Å². The number of carbonyl (C=O) groups excluding carboxylic acids is 2. The Hall–Kier alpha value is -2.86. The van der Waals surface area contributed by atoms with E-state index in [0.717, 1.165) is 55.3 Å². The summed E-state index contributed by atoms with van der Waals surface area (Å²) in [6, 6.07) is 15.8. The minimum atomic E-state index is -0.341. The van der Waals surface area contributed by atoms with E-state index in [1.807, 2.05) is 48.5 Å². The predicted molar refractivity (Wildman–Crippen MR) is 114 cm³/mol. The molecule has 29 heavy (non-hydrogen) atoms. The highest BCUT2D eigenvalue weighted by molar-refractivity contribution is 6.03. The minimum Gasteiger partial charge on any atom is -0.378 e. The Kier molecular flexibility index (Phi) is 5.81. The lowest BCUT2D eigenvalue weighted by molar-refractivity contribution is -0.122. The van der Waals surface area contributed by atoms with Crippen molar-refractivity contribution in [3.8, 4) is 0 Å². The largest absolute Gasteiger partial charge is 0.378 e. The van der Waals surface area contributed by atoms with Gasteiger partial charge in [0.2, 0.25) is 11.8 Å². The van der Waals surface area contributed by atoms with Gasteiger partial charge in [-0.3, -0.25) is 9.59 Å². The summed E-state index contributed by atoms with van der Waals surface area (Å²) in [5, 5.41) is 2.97. The van der Waals surface area contributed by atoms with Gasteiger partial charge in [0.15, 0.2) is 0 Å². The molecule has 2 aromatic carbocycles. The van der Waals surface area contributed by atoms with Crippen LogP contribution in [0.5, 0.6) is 0 Å². The molecule has 2 fully saturated rings. The molecule has 0 aromatic heterocycles. The Bertz CT molecular complexity index is 875. The molecule has 2 amide bonds. The zero-order chi connectivity index (χ0) is 20.2. The molecule has 0 spiro atoms. The van der Waals surface area contributed by atoms with E-state index >= 15 is 0 Å². The van der Waals surface area contributed by atoms with Crippen LogP contribution in [0.15, 0.2) is 48.5 Å². The van der Waals surface area contributed by atoms with E-state index in [4.69, 9.17) is 4.74 Å². The Balaban J connectivity index is 1.39. The van der Waals surface area contributed by atoms with Gasteiger partial charge in [0.1, 0.15) is 0 Å². The normalized spacial score (nSPS) is 19.5. The number of rotatable bonds is 5. The molecule has 4 rings (SSSR count). The summed E-state index contributed by atoms with van der Waals surface area (Å²) in [5.74, 6) is -0.436. The first-order valence-electron chi connectivity index (χ1n) is 10.3. The molecule has 1 N–H and O–H groups in total. The number of nitrogens with zero attached hydrogens (tertiary/aromatic N) is 2. The number of nitrogens with one attached hydrogen (secondary N) is 1. The van der Waals surface area contributed by atoms with Gasteiger partial charge >= 0.3 is 0 Å². The molecule has 6 heteroatoms. The third-order valence-corrected chi connectivity index (χ3v) is 5.67. The maximum Gasteiger partial charge on any atom is 0.229 e. The van der Waals surface area contributed by atoms with E-state index in [2.05, 4.69) is 17.1 Å². The summed E-state index contributed by atoms with van der Waals surface area (Å²) in [5.41, 5.74) is 3.93. The number of benzene rings is 2. The van der Waals surface area contributed by atoms with Crippen molar-refractivity contribution < 1.29 is 14.3 Å². The average molecular weight is 393 g/mol. The summed E-state index contributed by atoms with van der Waals surface area (Å²) in [6.07, 6.45) is 1.10. The number of anilines is 3. The van der Waals surface area contributed by atoms with Gasteiger partial charge in [-0.25, -0.2) is 0 Å².